The fraction of sp³-hybridized carbons (Fsp3) is 0.364. The Bertz CT molecular complexity index is 1720. The van der Waals surface area contributed by atoms with Crippen molar-refractivity contribution < 1.29 is 24.0 Å². The van der Waals surface area contributed by atoms with Gasteiger partial charge < -0.3 is 48.4 Å². The van der Waals surface area contributed by atoms with Crippen LogP contribution in [0.3, 0.4) is 0 Å². The van der Waals surface area contributed by atoms with Gasteiger partial charge in [-0.3, -0.25) is 24.2 Å². The number of guanidine groups is 1. The molecule has 6 amide bonds. The molecular formula is C33H41N11O5. The third-order valence-electron chi connectivity index (χ3n) is 8.85. The maximum Gasteiger partial charge on any atom is 0.312 e. The Morgan fingerprint density at radius 3 is 1.94 bits per heavy atom. The van der Waals surface area contributed by atoms with Crippen LogP contribution >= 0.6 is 0 Å². The SMILES string of the molecule is NC(=O)N[C@@H](Cc1cnc[nH]1)C(=O)N1Cc2ccccc2C[C@@H]1C(=O)N[C@@H](CCCN=C(N)N)C(=O)N1Cc2ccccc2C[C@H]1C(N)=O. The molecule has 0 aliphatic carbocycles. The number of nitrogens with two attached hydrogens (primary N) is 4. The van der Waals surface area contributed by atoms with Crippen molar-refractivity contribution in [3.63, 3.8) is 0 Å². The second-order valence-corrected chi connectivity index (χ2v) is 12.2. The summed E-state index contributed by atoms with van der Waals surface area (Å²) in [5, 5.41) is 5.38. The molecule has 0 unspecified atom stereocenters. The number of urea groups is 1. The first-order valence-corrected chi connectivity index (χ1v) is 15.9. The minimum atomic E-state index is -1.11. The third kappa shape index (κ3) is 8.33. The lowest BCUT2D eigenvalue weighted by molar-refractivity contribution is -0.147. The predicted molar refractivity (Wildman–Crippen MR) is 179 cm³/mol. The summed E-state index contributed by atoms with van der Waals surface area (Å²) in [5.74, 6) is -2.41. The van der Waals surface area contributed by atoms with E-state index in [-0.39, 0.29) is 51.3 Å². The smallest absolute Gasteiger partial charge is 0.312 e. The van der Waals surface area contributed by atoms with Crippen molar-refractivity contribution in [3.8, 4) is 0 Å². The highest BCUT2D eigenvalue weighted by molar-refractivity contribution is 5.96. The van der Waals surface area contributed by atoms with Gasteiger partial charge in [-0.25, -0.2) is 9.78 Å². The average Bonchev–Trinajstić information content (AvgIpc) is 3.60. The van der Waals surface area contributed by atoms with Crippen molar-refractivity contribution in [2.24, 2.45) is 27.9 Å². The van der Waals surface area contributed by atoms with Gasteiger partial charge in [-0.1, -0.05) is 48.5 Å². The maximum absolute atomic E-state index is 14.3. The second kappa shape index (κ2) is 15.3. The van der Waals surface area contributed by atoms with E-state index in [0.717, 1.165) is 22.3 Å². The summed E-state index contributed by atoms with van der Waals surface area (Å²) in [6.45, 7) is 0.390. The molecule has 3 heterocycles. The number of fused-ring (bicyclic) bond motifs is 2. The Morgan fingerprint density at radius 2 is 1.39 bits per heavy atom. The van der Waals surface area contributed by atoms with Crippen LogP contribution in [0.5, 0.6) is 0 Å². The van der Waals surface area contributed by atoms with E-state index in [1.165, 1.54) is 22.3 Å². The zero-order chi connectivity index (χ0) is 35.1. The summed E-state index contributed by atoms with van der Waals surface area (Å²) in [5.41, 5.74) is 26.3. The number of H-pyrrole nitrogens is 1. The molecule has 2 aliphatic rings. The number of nitrogens with one attached hydrogen (secondary N) is 3. The van der Waals surface area contributed by atoms with Crippen molar-refractivity contribution >= 4 is 35.6 Å². The lowest BCUT2D eigenvalue weighted by Gasteiger charge is -2.40. The zero-order valence-corrected chi connectivity index (χ0v) is 26.9. The Hall–Kier alpha value is -5.93. The molecule has 0 saturated carbocycles. The zero-order valence-electron chi connectivity index (χ0n) is 26.9. The van der Waals surface area contributed by atoms with Gasteiger partial charge in [0.25, 0.3) is 0 Å². The highest BCUT2D eigenvalue weighted by atomic mass is 16.2. The third-order valence-corrected chi connectivity index (χ3v) is 8.85. The van der Waals surface area contributed by atoms with Crippen LogP contribution in [0.1, 0.15) is 40.8 Å². The maximum atomic E-state index is 14.3. The molecule has 5 rings (SSSR count). The first-order chi connectivity index (χ1) is 23.5. The Kier molecular flexibility index (Phi) is 10.8. The van der Waals surface area contributed by atoms with Crippen LogP contribution in [0.4, 0.5) is 4.79 Å². The Labute approximate surface area is 282 Å². The van der Waals surface area contributed by atoms with Crippen molar-refractivity contribution in [3.05, 3.63) is 89.0 Å². The van der Waals surface area contributed by atoms with E-state index >= 15 is 0 Å². The normalized spacial score (nSPS) is 17.9. The molecular weight excluding hydrogens is 630 g/mol. The molecule has 0 spiro atoms. The quantitative estimate of drug-likeness (QED) is 0.0706. The molecule has 0 radical (unpaired) electrons. The molecule has 2 aromatic carbocycles. The van der Waals surface area contributed by atoms with Crippen LogP contribution in [0.2, 0.25) is 0 Å². The summed E-state index contributed by atoms with van der Waals surface area (Å²) in [7, 11) is 0. The molecule has 16 heteroatoms. The monoisotopic (exact) mass is 671 g/mol. The number of carbonyl (C=O) groups excluding carboxylic acids is 5. The van der Waals surface area contributed by atoms with Gasteiger partial charge in [-0.05, 0) is 35.1 Å². The Morgan fingerprint density at radius 1 is 0.816 bits per heavy atom. The van der Waals surface area contributed by atoms with Gasteiger partial charge in [0.05, 0.1) is 6.33 Å². The first-order valence-electron chi connectivity index (χ1n) is 15.9. The number of aromatic amines is 1. The van der Waals surface area contributed by atoms with E-state index in [4.69, 9.17) is 22.9 Å². The van der Waals surface area contributed by atoms with Gasteiger partial charge in [-0.2, -0.15) is 0 Å². The number of hydrogen-bond donors (Lipinski definition) is 7. The van der Waals surface area contributed by atoms with E-state index in [1.807, 2.05) is 48.5 Å². The molecule has 49 heavy (non-hydrogen) atoms. The van der Waals surface area contributed by atoms with E-state index in [1.54, 1.807) is 0 Å². The van der Waals surface area contributed by atoms with Crippen LogP contribution in [0.25, 0.3) is 0 Å². The topological polar surface area (TPSA) is 261 Å². The summed E-state index contributed by atoms with van der Waals surface area (Å²) in [6, 6.07) is 9.79. The van der Waals surface area contributed by atoms with Crippen LogP contribution in [-0.2, 0) is 51.5 Å². The number of hydrogen-bond acceptors (Lipinski definition) is 7. The summed E-state index contributed by atoms with van der Waals surface area (Å²) >= 11 is 0. The number of aliphatic imine (C=N–C) groups is 1. The van der Waals surface area contributed by atoms with Crippen LogP contribution in [0, 0.1) is 0 Å². The average molecular weight is 672 g/mol. The van der Waals surface area contributed by atoms with E-state index in [0.29, 0.717) is 12.1 Å². The largest absolute Gasteiger partial charge is 0.370 e. The number of benzene rings is 2. The van der Waals surface area contributed by atoms with Gasteiger partial charge in [0.1, 0.15) is 24.2 Å². The second-order valence-electron chi connectivity index (χ2n) is 12.2. The fourth-order valence-corrected chi connectivity index (χ4v) is 6.41. The summed E-state index contributed by atoms with van der Waals surface area (Å²) < 4.78 is 0. The summed E-state index contributed by atoms with van der Waals surface area (Å²) in [4.78, 5) is 80.9. The van der Waals surface area contributed by atoms with Crippen molar-refractivity contribution in [1.82, 2.24) is 30.4 Å². The number of aromatic nitrogens is 2. The molecule has 4 atom stereocenters. The number of primary amides is 2. The van der Waals surface area contributed by atoms with E-state index in [2.05, 4.69) is 25.6 Å². The van der Waals surface area contributed by atoms with Gasteiger partial charge >= 0.3 is 6.03 Å². The lowest BCUT2D eigenvalue weighted by atomic mass is 9.91. The predicted octanol–water partition coefficient (Wildman–Crippen LogP) is -1.08. The Balaban J connectivity index is 1.44. The molecule has 1 aromatic heterocycles. The molecule has 0 bridgehead atoms. The van der Waals surface area contributed by atoms with Gasteiger partial charge in [0.2, 0.25) is 23.6 Å². The van der Waals surface area contributed by atoms with Crippen molar-refractivity contribution in [2.75, 3.05) is 6.54 Å². The van der Waals surface area contributed by atoms with Crippen LogP contribution in [0.15, 0.2) is 66.0 Å². The lowest BCUT2D eigenvalue weighted by Crippen LogP contribution is -2.61. The van der Waals surface area contributed by atoms with Crippen molar-refractivity contribution in [1.29, 1.82) is 0 Å². The first kappa shape index (κ1) is 34.4. The molecule has 0 fully saturated rings. The van der Waals surface area contributed by atoms with E-state index in [9.17, 15) is 24.0 Å². The number of nitrogens with zero attached hydrogens (tertiary/aromatic N) is 4. The highest BCUT2D eigenvalue weighted by Crippen LogP contribution is 2.27. The van der Waals surface area contributed by atoms with Crippen LogP contribution in [-0.4, -0.2) is 86.1 Å². The molecule has 0 saturated heterocycles. The number of imidazole rings is 1. The van der Waals surface area contributed by atoms with E-state index < -0.39 is 53.8 Å². The van der Waals surface area contributed by atoms with Crippen molar-refractivity contribution in [2.45, 2.75) is 69.4 Å². The molecule has 16 nitrogen and oxygen atoms in total. The van der Waals surface area contributed by atoms with Gasteiger partial charge in [-0.15, -0.1) is 0 Å². The number of carbonyl (C=O) groups is 5. The minimum absolute atomic E-state index is 0.0467. The minimum Gasteiger partial charge on any atom is -0.370 e. The van der Waals surface area contributed by atoms with Gasteiger partial charge in [0, 0.05) is 50.8 Å². The summed E-state index contributed by atoms with van der Waals surface area (Å²) in [6.07, 6.45) is 3.86. The highest BCUT2D eigenvalue weighted by Gasteiger charge is 2.41. The molecule has 2 aliphatic heterocycles. The molecule has 258 valence electrons. The molecule has 3 aromatic rings. The number of amides is 6. The fourth-order valence-electron chi connectivity index (χ4n) is 6.41. The molecule has 11 N–H and O–H groups in total. The van der Waals surface area contributed by atoms with Gasteiger partial charge in [0.15, 0.2) is 5.96 Å². The number of rotatable bonds is 12. The van der Waals surface area contributed by atoms with Crippen LogP contribution < -0.4 is 33.6 Å². The standard InChI is InChI=1S/C33H41N11O5/c34-28(45)26-12-19-6-1-3-8-21(19)16-43(26)30(47)24(10-5-11-39-32(35)36)41-29(46)27-13-20-7-2-4-9-22(20)17-44(27)31(48)25(42-33(37)49)14-23-15-38-18-40-23/h1-4,6-9,15,18,24-27H,5,10-14,16-17H2,(H2,34,45)(H,38,40)(H,41,46)(H4,35,36,39)(H3,37,42,49)/t24-,25-,26-,27+/m0/s1.